The molecule has 0 saturated heterocycles. The number of aromatic nitrogens is 1. The van der Waals surface area contributed by atoms with Crippen LogP contribution in [-0.2, 0) is 10.8 Å². The minimum Gasteiger partial charge on any atom is -0.383 e. The smallest absolute Gasteiger partial charge is 0.383 e. The minimum absolute atomic E-state index is 0.363. The highest BCUT2D eigenvalue weighted by Gasteiger charge is 2.39. The largest absolute Gasteiger partial charge is 0.475 e. The summed E-state index contributed by atoms with van der Waals surface area (Å²) in [4.78, 5) is 2.89. The van der Waals surface area contributed by atoms with Gasteiger partial charge < -0.3 is 5.73 Å². The molecule has 0 aliphatic heterocycles. The van der Waals surface area contributed by atoms with Crippen LogP contribution in [0.15, 0.2) is 23.2 Å². The van der Waals surface area contributed by atoms with Gasteiger partial charge in [0, 0.05) is 6.20 Å². The monoisotopic (exact) mass is 210 g/mol. The van der Waals surface area contributed by atoms with E-state index in [1.807, 2.05) is 0 Å². The van der Waals surface area contributed by atoms with E-state index in [2.05, 4.69) is 4.98 Å². The summed E-state index contributed by atoms with van der Waals surface area (Å²) >= 11 is 0. The Morgan fingerprint density at radius 2 is 2.08 bits per heavy atom. The molecule has 0 aliphatic carbocycles. The molecule has 0 aliphatic rings. The predicted octanol–water partition coefficient (Wildman–Crippen LogP) is 1.29. The lowest BCUT2D eigenvalue weighted by Gasteiger charge is -2.06. The van der Waals surface area contributed by atoms with Gasteiger partial charge in [-0.2, -0.15) is 13.2 Å². The van der Waals surface area contributed by atoms with Crippen molar-refractivity contribution < 1.29 is 17.4 Å². The molecule has 13 heavy (non-hydrogen) atoms. The predicted molar refractivity (Wildman–Crippen MR) is 41.1 cm³/mol. The summed E-state index contributed by atoms with van der Waals surface area (Å²) in [7, 11) is -3.10. The molecular weight excluding hydrogens is 205 g/mol. The average molecular weight is 210 g/mol. The Balaban J connectivity index is 3.10. The lowest BCUT2D eigenvalue weighted by atomic mass is 10.5. The van der Waals surface area contributed by atoms with Crippen molar-refractivity contribution in [1.82, 2.24) is 4.98 Å². The molecule has 0 aromatic carbocycles. The number of hydrogen-bond acceptors (Lipinski definition) is 3. The van der Waals surface area contributed by atoms with Crippen molar-refractivity contribution in [2.45, 2.75) is 10.4 Å². The van der Waals surface area contributed by atoms with Gasteiger partial charge in [0.15, 0.2) is 10.8 Å². The van der Waals surface area contributed by atoms with E-state index in [1.54, 1.807) is 0 Å². The molecule has 3 nitrogen and oxygen atoms in total. The van der Waals surface area contributed by atoms with E-state index in [-0.39, 0.29) is 5.82 Å². The minimum atomic E-state index is -4.79. The van der Waals surface area contributed by atoms with E-state index in [0.717, 1.165) is 6.07 Å². The molecule has 1 heterocycles. The lowest BCUT2D eigenvalue weighted by Crippen LogP contribution is -2.17. The van der Waals surface area contributed by atoms with Crippen molar-refractivity contribution in [2.75, 3.05) is 5.73 Å². The second-order valence-corrected chi connectivity index (χ2v) is 3.54. The number of hydrogen-bond donors (Lipinski definition) is 1. The van der Waals surface area contributed by atoms with Gasteiger partial charge in [0.2, 0.25) is 0 Å². The molecule has 0 spiro atoms. The summed E-state index contributed by atoms with van der Waals surface area (Å²) < 4.78 is 46.5. The molecule has 1 atom stereocenters. The zero-order valence-electron chi connectivity index (χ0n) is 6.21. The number of nitrogens with zero attached hydrogens (tertiary/aromatic N) is 1. The Morgan fingerprint density at radius 1 is 1.46 bits per heavy atom. The normalized spacial score (nSPS) is 14.1. The van der Waals surface area contributed by atoms with E-state index in [0.29, 0.717) is 0 Å². The van der Waals surface area contributed by atoms with Crippen LogP contribution < -0.4 is 5.73 Å². The van der Waals surface area contributed by atoms with Crippen molar-refractivity contribution in [2.24, 2.45) is 0 Å². The molecule has 1 rings (SSSR count). The molecule has 1 aromatic rings. The zero-order valence-corrected chi connectivity index (χ0v) is 7.02. The van der Waals surface area contributed by atoms with Crippen LogP contribution in [0.3, 0.4) is 0 Å². The molecule has 0 unspecified atom stereocenters. The first-order chi connectivity index (χ1) is 5.93. The van der Waals surface area contributed by atoms with Gasteiger partial charge in [-0.3, -0.25) is 0 Å². The van der Waals surface area contributed by atoms with Crippen LogP contribution in [0, 0.1) is 0 Å². The van der Waals surface area contributed by atoms with Crippen LogP contribution in [0.25, 0.3) is 0 Å². The highest BCUT2D eigenvalue weighted by atomic mass is 32.2. The maximum Gasteiger partial charge on any atom is 0.475 e. The van der Waals surface area contributed by atoms with Gasteiger partial charge in [0.05, 0.1) is 4.90 Å². The van der Waals surface area contributed by atoms with E-state index in [4.69, 9.17) is 5.73 Å². The Kier molecular flexibility index (Phi) is 2.55. The van der Waals surface area contributed by atoms with E-state index in [1.165, 1.54) is 12.3 Å². The van der Waals surface area contributed by atoms with Crippen molar-refractivity contribution in [3.8, 4) is 0 Å². The number of pyridine rings is 1. The summed E-state index contributed by atoms with van der Waals surface area (Å²) in [6.45, 7) is 0. The fourth-order valence-electron chi connectivity index (χ4n) is 0.684. The summed E-state index contributed by atoms with van der Waals surface area (Å²) in [5.41, 5.74) is 0.319. The third-order valence-electron chi connectivity index (χ3n) is 1.21. The number of alkyl halides is 3. The van der Waals surface area contributed by atoms with Gasteiger partial charge in [-0.25, -0.2) is 9.19 Å². The Labute approximate surface area is 74.2 Å². The lowest BCUT2D eigenvalue weighted by molar-refractivity contribution is -0.0384. The molecule has 0 amide bonds. The second kappa shape index (κ2) is 3.33. The van der Waals surface area contributed by atoms with Crippen LogP contribution in [0.4, 0.5) is 19.0 Å². The van der Waals surface area contributed by atoms with Crippen LogP contribution >= 0.6 is 0 Å². The molecule has 0 fully saturated rings. The number of nitrogens with two attached hydrogens (primary N) is 1. The molecular formula is C6H5F3N2OS. The van der Waals surface area contributed by atoms with E-state index >= 15 is 0 Å². The Morgan fingerprint density at radius 3 is 2.54 bits per heavy atom. The molecule has 0 saturated carbocycles. The quantitative estimate of drug-likeness (QED) is 0.759. The first-order valence-corrected chi connectivity index (χ1v) is 4.27. The topological polar surface area (TPSA) is 56.0 Å². The van der Waals surface area contributed by atoms with E-state index in [9.17, 15) is 17.4 Å². The summed E-state index contributed by atoms with van der Waals surface area (Å²) in [5.74, 6) is -0.363. The van der Waals surface area contributed by atoms with Crippen molar-refractivity contribution >= 4 is 16.6 Å². The van der Waals surface area contributed by atoms with Gasteiger partial charge in [-0.1, -0.05) is 0 Å². The number of anilines is 1. The Hall–Kier alpha value is -1.11. The zero-order chi connectivity index (χ0) is 10.1. The van der Waals surface area contributed by atoms with Crippen LogP contribution in [0.5, 0.6) is 0 Å². The molecule has 7 heteroatoms. The third-order valence-corrected chi connectivity index (χ3v) is 2.37. The molecule has 0 radical (unpaired) electrons. The average Bonchev–Trinajstić information content (AvgIpc) is 2.02. The number of rotatable bonds is 1. The van der Waals surface area contributed by atoms with Gasteiger partial charge in [0.25, 0.3) is 0 Å². The highest BCUT2D eigenvalue weighted by Crippen LogP contribution is 2.28. The van der Waals surface area contributed by atoms with Gasteiger partial charge >= 0.3 is 5.51 Å². The Bertz CT molecular complexity index is 339. The van der Waals surface area contributed by atoms with E-state index < -0.39 is 21.2 Å². The maximum absolute atomic E-state index is 11.9. The standard InChI is InChI=1S/C6H5F3N2OS/c7-6(8,9)13(12)4-2-1-3-11-5(4)10/h1-3H,(H2,10,11)/t13-/m0/s1. The second-order valence-electron chi connectivity index (χ2n) is 2.10. The first-order valence-electron chi connectivity index (χ1n) is 3.12. The summed E-state index contributed by atoms with van der Waals surface area (Å²) in [6, 6.07) is 2.28. The third kappa shape index (κ3) is 2.18. The van der Waals surface area contributed by atoms with Crippen molar-refractivity contribution in [3.05, 3.63) is 18.3 Å². The van der Waals surface area contributed by atoms with Crippen molar-refractivity contribution in [3.63, 3.8) is 0 Å². The first kappa shape index (κ1) is 9.97. The van der Waals surface area contributed by atoms with Crippen LogP contribution in [0.2, 0.25) is 0 Å². The van der Waals surface area contributed by atoms with Crippen molar-refractivity contribution in [1.29, 1.82) is 0 Å². The molecule has 2 N–H and O–H groups in total. The summed E-state index contributed by atoms with van der Waals surface area (Å²) in [5, 5.41) is 0. The number of nitrogen functional groups attached to an aromatic ring is 1. The van der Waals surface area contributed by atoms with Gasteiger partial charge in [-0.05, 0) is 12.1 Å². The van der Waals surface area contributed by atoms with Crippen LogP contribution in [0.1, 0.15) is 0 Å². The SMILES string of the molecule is Nc1ncccc1[S@](=O)C(F)(F)F. The molecule has 72 valence electrons. The van der Waals surface area contributed by atoms with Crippen LogP contribution in [-0.4, -0.2) is 14.7 Å². The highest BCUT2D eigenvalue weighted by molar-refractivity contribution is 7.86. The fraction of sp³-hybridized carbons (Fsp3) is 0.167. The van der Waals surface area contributed by atoms with Gasteiger partial charge in [0.1, 0.15) is 5.82 Å². The summed E-state index contributed by atoms with van der Waals surface area (Å²) in [6.07, 6.45) is 1.23. The molecule has 1 aromatic heterocycles. The number of halogens is 3. The molecule has 0 bridgehead atoms. The maximum atomic E-state index is 11.9. The van der Waals surface area contributed by atoms with Gasteiger partial charge in [-0.15, -0.1) is 0 Å². The fourth-order valence-corrected chi connectivity index (χ4v) is 1.38.